The first kappa shape index (κ1) is 17.3. The third-order valence-electron chi connectivity index (χ3n) is 6.22. The van der Waals surface area contributed by atoms with E-state index in [4.69, 9.17) is 4.74 Å². The van der Waals surface area contributed by atoms with E-state index in [0.717, 1.165) is 24.2 Å². The topological polar surface area (TPSA) is 54.7 Å². The van der Waals surface area contributed by atoms with E-state index in [9.17, 15) is 9.90 Å². The number of rotatable bonds is 3. The number of aromatic nitrogens is 1. The number of allylic oxidation sites excluding steroid dienone is 1. The maximum absolute atomic E-state index is 12.8. The molecular weight excluding hydrogens is 328 g/mol. The van der Waals surface area contributed by atoms with Crippen LogP contribution < -0.4 is 0 Å². The zero-order valence-electron chi connectivity index (χ0n) is 15.6. The monoisotopic (exact) mass is 354 g/mol. The van der Waals surface area contributed by atoms with Gasteiger partial charge in [0.05, 0.1) is 13.7 Å². The quantitative estimate of drug-likeness (QED) is 0.680. The van der Waals surface area contributed by atoms with Crippen LogP contribution >= 0.6 is 0 Å². The Labute approximate surface area is 153 Å². The van der Waals surface area contributed by atoms with Crippen molar-refractivity contribution in [1.82, 2.24) is 9.47 Å². The second-order valence-corrected chi connectivity index (χ2v) is 7.29. The molecule has 0 spiro atoms. The lowest BCUT2D eigenvalue weighted by Crippen LogP contribution is -2.46. The molecule has 1 aromatic heterocycles. The minimum absolute atomic E-state index is 0.138. The van der Waals surface area contributed by atoms with E-state index >= 15 is 0 Å². The van der Waals surface area contributed by atoms with Crippen LogP contribution in [0.4, 0.5) is 0 Å². The van der Waals surface area contributed by atoms with Crippen LogP contribution in [0.5, 0.6) is 0 Å². The number of ether oxygens (including phenoxy) is 1. The number of methoxy groups -OCH3 is 1. The van der Waals surface area contributed by atoms with Crippen molar-refractivity contribution in [2.24, 2.45) is 13.0 Å². The van der Waals surface area contributed by atoms with E-state index in [-0.39, 0.29) is 30.5 Å². The number of fused-ring (bicyclic) bond motifs is 6. The second kappa shape index (κ2) is 6.56. The van der Waals surface area contributed by atoms with E-state index in [1.165, 1.54) is 23.6 Å². The molecule has 26 heavy (non-hydrogen) atoms. The molecule has 1 N–H and O–H groups in total. The Morgan fingerprint density at radius 3 is 2.85 bits per heavy atom. The van der Waals surface area contributed by atoms with Gasteiger partial charge >= 0.3 is 5.97 Å². The number of para-hydroxylation sites is 1. The van der Waals surface area contributed by atoms with Gasteiger partial charge in [-0.05, 0) is 25.0 Å². The van der Waals surface area contributed by atoms with Crippen molar-refractivity contribution < 1.29 is 14.6 Å². The highest BCUT2D eigenvalue weighted by Crippen LogP contribution is 2.53. The van der Waals surface area contributed by atoms with Gasteiger partial charge in [0.25, 0.3) is 0 Å². The summed E-state index contributed by atoms with van der Waals surface area (Å²) < 4.78 is 7.39. The summed E-state index contributed by atoms with van der Waals surface area (Å²) in [4.78, 5) is 15.2. The molecule has 4 rings (SSSR count). The molecule has 0 radical (unpaired) electrons. The molecule has 3 atom stereocenters. The third-order valence-corrected chi connectivity index (χ3v) is 6.22. The number of carbonyl (C=O) groups is 1. The van der Waals surface area contributed by atoms with Gasteiger partial charge in [0.15, 0.2) is 0 Å². The van der Waals surface area contributed by atoms with Crippen molar-refractivity contribution in [3.05, 3.63) is 47.2 Å². The fraction of sp³-hybridized carbons (Fsp3) is 0.476. The fourth-order valence-corrected chi connectivity index (χ4v) is 5.08. The summed E-state index contributed by atoms with van der Waals surface area (Å²) >= 11 is 0. The Bertz CT molecular complexity index is 883. The number of piperidine rings is 1. The number of carbonyl (C=O) groups excluding carboxylic acids is 1. The molecule has 2 aromatic rings. The Kier molecular flexibility index (Phi) is 4.37. The average Bonchev–Trinajstić information content (AvgIpc) is 2.96. The fourth-order valence-electron chi connectivity index (χ4n) is 5.08. The average molecular weight is 354 g/mol. The third kappa shape index (κ3) is 2.34. The number of aliphatic hydroxyl groups excluding tert-OH is 1. The predicted molar refractivity (Wildman–Crippen MR) is 101 cm³/mol. The molecule has 2 aliphatic rings. The molecule has 138 valence electrons. The first-order chi connectivity index (χ1) is 12.6. The number of likely N-dealkylation sites (tertiary alicyclic amines) is 1. The van der Waals surface area contributed by atoms with Gasteiger partial charge in [0, 0.05) is 48.7 Å². The highest BCUT2D eigenvalue weighted by atomic mass is 16.5. The number of hydrogen-bond donors (Lipinski definition) is 1. The summed E-state index contributed by atoms with van der Waals surface area (Å²) in [6.07, 6.45) is 3.02. The largest absolute Gasteiger partial charge is 0.468 e. The molecule has 1 aromatic carbocycles. The van der Waals surface area contributed by atoms with Gasteiger partial charge in [-0.1, -0.05) is 29.8 Å². The molecule has 5 nitrogen and oxygen atoms in total. The molecule has 0 amide bonds. The van der Waals surface area contributed by atoms with Crippen LogP contribution in [0.3, 0.4) is 0 Å². The number of esters is 1. The molecule has 2 bridgehead atoms. The van der Waals surface area contributed by atoms with Gasteiger partial charge in [-0.3, -0.25) is 9.69 Å². The van der Waals surface area contributed by atoms with Gasteiger partial charge in [-0.2, -0.15) is 0 Å². The molecule has 5 heteroatoms. The Balaban J connectivity index is 2.00. The highest BCUT2D eigenvalue weighted by molar-refractivity contribution is 5.90. The lowest BCUT2D eigenvalue weighted by molar-refractivity contribution is -0.144. The van der Waals surface area contributed by atoms with E-state index < -0.39 is 0 Å². The SMILES string of the molecule is C/C=C1/CN(CCO)[C@@H]2C[C@H]1[C@H](C(=O)OC)c1c2c2ccccc2n1C. The van der Waals surface area contributed by atoms with Crippen molar-refractivity contribution >= 4 is 16.9 Å². The number of nitrogens with zero attached hydrogens (tertiary/aromatic N) is 2. The second-order valence-electron chi connectivity index (χ2n) is 7.29. The Morgan fingerprint density at radius 1 is 1.38 bits per heavy atom. The number of aryl methyl sites for hydroxylation is 1. The standard InChI is InChI=1S/C21H26N2O3/c1-4-13-12-23(9-10-24)17-11-15(13)19(21(25)26-3)20-18(17)14-7-5-6-8-16(14)22(20)2/h4-8,15,17,19,24H,9-12H2,1-3H3/b13-4-/t15-,17-,19+/m1/s1. The lowest BCUT2D eigenvalue weighted by Gasteiger charge is -2.47. The van der Waals surface area contributed by atoms with Crippen LogP contribution in [0.2, 0.25) is 0 Å². The molecule has 0 unspecified atom stereocenters. The summed E-state index contributed by atoms with van der Waals surface area (Å²) in [6.45, 7) is 3.61. The van der Waals surface area contributed by atoms with Gasteiger partial charge in [-0.25, -0.2) is 0 Å². The van der Waals surface area contributed by atoms with Crippen LogP contribution in [0.1, 0.15) is 36.6 Å². The zero-order valence-corrected chi connectivity index (χ0v) is 15.6. The summed E-state index contributed by atoms with van der Waals surface area (Å²) in [7, 11) is 3.52. The van der Waals surface area contributed by atoms with Gasteiger partial charge < -0.3 is 14.4 Å². The minimum atomic E-state index is -0.272. The van der Waals surface area contributed by atoms with Crippen molar-refractivity contribution in [2.45, 2.75) is 25.3 Å². The van der Waals surface area contributed by atoms with Gasteiger partial charge in [0.1, 0.15) is 5.92 Å². The summed E-state index contributed by atoms with van der Waals surface area (Å²) in [5, 5.41) is 10.8. The molecule has 0 saturated carbocycles. The number of β-amino-alcohol motifs (C(OH)–C–C–N with tert-alkyl or cyclic N) is 1. The van der Waals surface area contributed by atoms with Crippen LogP contribution in [-0.2, 0) is 16.6 Å². The predicted octanol–water partition coefficient (Wildman–Crippen LogP) is 2.75. The molecule has 1 saturated heterocycles. The van der Waals surface area contributed by atoms with E-state index in [1.54, 1.807) is 0 Å². The first-order valence-corrected chi connectivity index (χ1v) is 9.27. The minimum Gasteiger partial charge on any atom is -0.468 e. The molecular formula is C21H26N2O3. The highest BCUT2D eigenvalue weighted by Gasteiger charge is 2.48. The summed E-state index contributed by atoms with van der Waals surface area (Å²) in [5.74, 6) is -0.274. The molecule has 1 fully saturated rings. The van der Waals surface area contributed by atoms with E-state index in [0.29, 0.717) is 6.54 Å². The molecule has 1 aliphatic carbocycles. The maximum Gasteiger partial charge on any atom is 0.315 e. The smallest absolute Gasteiger partial charge is 0.315 e. The van der Waals surface area contributed by atoms with Crippen LogP contribution in [0.25, 0.3) is 10.9 Å². The number of hydrogen-bond acceptors (Lipinski definition) is 4. The van der Waals surface area contributed by atoms with Crippen LogP contribution in [-0.4, -0.2) is 47.3 Å². The lowest BCUT2D eigenvalue weighted by atomic mass is 9.68. The maximum atomic E-state index is 12.8. The van der Waals surface area contributed by atoms with E-state index in [2.05, 4.69) is 33.7 Å². The van der Waals surface area contributed by atoms with Gasteiger partial charge in [-0.15, -0.1) is 0 Å². The van der Waals surface area contributed by atoms with Crippen molar-refractivity contribution in [2.75, 3.05) is 26.8 Å². The number of aliphatic hydroxyl groups is 1. The zero-order chi connectivity index (χ0) is 18.4. The Hall–Kier alpha value is -2.11. The normalized spacial score (nSPS) is 26.9. The van der Waals surface area contributed by atoms with Crippen LogP contribution in [0.15, 0.2) is 35.9 Å². The van der Waals surface area contributed by atoms with E-state index in [1.807, 2.05) is 20.0 Å². The molecule has 1 aliphatic heterocycles. The molecule has 2 heterocycles. The van der Waals surface area contributed by atoms with Crippen LogP contribution in [0, 0.1) is 5.92 Å². The number of benzene rings is 1. The summed E-state index contributed by atoms with van der Waals surface area (Å²) in [6, 6.07) is 8.57. The summed E-state index contributed by atoms with van der Waals surface area (Å²) in [5.41, 5.74) is 4.71. The van der Waals surface area contributed by atoms with Gasteiger partial charge in [0.2, 0.25) is 0 Å². The first-order valence-electron chi connectivity index (χ1n) is 9.27. The van der Waals surface area contributed by atoms with Crippen molar-refractivity contribution in [3.63, 3.8) is 0 Å². The Morgan fingerprint density at radius 2 is 2.15 bits per heavy atom. The van der Waals surface area contributed by atoms with Crippen molar-refractivity contribution in [1.29, 1.82) is 0 Å². The van der Waals surface area contributed by atoms with Crippen molar-refractivity contribution in [3.8, 4) is 0 Å².